The van der Waals surface area contributed by atoms with Crippen LogP contribution in [0, 0.1) is 5.92 Å². The second kappa shape index (κ2) is 4.70. The van der Waals surface area contributed by atoms with Crippen molar-refractivity contribution in [2.75, 3.05) is 5.32 Å². The Morgan fingerprint density at radius 2 is 2.32 bits per heavy atom. The first-order chi connectivity index (χ1) is 9.13. The zero-order valence-electron chi connectivity index (χ0n) is 10.5. The van der Waals surface area contributed by atoms with Crippen molar-refractivity contribution in [1.82, 2.24) is 9.78 Å². The van der Waals surface area contributed by atoms with Crippen LogP contribution >= 0.6 is 11.6 Å². The van der Waals surface area contributed by atoms with Gasteiger partial charge in [-0.1, -0.05) is 23.7 Å². The van der Waals surface area contributed by atoms with Crippen LogP contribution in [0.15, 0.2) is 36.5 Å². The molecule has 4 nitrogen and oxygen atoms in total. The fourth-order valence-electron chi connectivity index (χ4n) is 2.29. The third-order valence-electron chi connectivity index (χ3n) is 3.37. The summed E-state index contributed by atoms with van der Waals surface area (Å²) in [6.45, 7) is 0. The molecular weight excluding hydrogens is 262 g/mol. The molecule has 0 saturated heterocycles. The topological polar surface area (TPSA) is 46.9 Å². The number of amides is 1. The normalized spacial score (nSPS) is 21.2. The van der Waals surface area contributed by atoms with Crippen LogP contribution in [0.1, 0.15) is 17.9 Å². The highest BCUT2D eigenvalue weighted by Gasteiger charge is 2.44. The smallest absolute Gasteiger partial charge is 0.229 e. The number of nitrogens with zero attached hydrogens (tertiary/aromatic N) is 2. The molecule has 0 spiro atoms. The van der Waals surface area contributed by atoms with Crippen molar-refractivity contribution in [3.63, 3.8) is 0 Å². The van der Waals surface area contributed by atoms with Crippen molar-refractivity contribution in [2.24, 2.45) is 13.0 Å². The molecule has 1 fully saturated rings. The van der Waals surface area contributed by atoms with Crippen LogP contribution < -0.4 is 5.32 Å². The number of aryl methyl sites for hydroxylation is 1. The van der Waals surface area contributed by atoms with E-state index in [1.807, 2.05) is 31.3 Å². The molecule has 3 rings (SSSR count). The predicted molar refractivity (Wildman–Crippen MR) is 74.1 cm³/mol. The van der Waals surface area contributed by atoms with E-state index in [-0.39, 0.29) is 17.7 Å². The third-order valence-corrected chi connectivity index (χ3v) is 3.60. The molecule has 0 radical (unpaired) electrons. The van der Waals surface area contributed by atoms with Crippen molar-refractivity contribution in [3.8, 4) is 0 Å². The Kier molecular flexibility index (Phi) is 3.03. The second-order valence-electron chi connectivity index (χ2n) is 4.87. The minimum Gasteiger partial charge on any atom is -0.309 e. The van der Waals surface area contributed by atoms with E-state index in [0.717, 1.165) is 12.0 Å². The Bertz CT molecular complexity index is 623. The summed E-state index contributed by atoms with van der Waals surface area (Å²) in [6, 6.07) is 9.50. The first-order valence-corrected chi connectivity index (χ1v) is 6.57. The molecule has 2 unspecified atom stereocenters. The Morgan fingerprint density at radius 3 is 3.00 bits per heavy atom. The Morgan fingerprint density at radius 1 is 1.47 bits per heavy atom. The van der Waals surface area contributed by atoms with E-state index >= 15 is 0 Å². The average molecular weight is 276 g/mol. The lowest BCUT2D eigenvalue weighted by Crippen LogP contribution is -2.15. The van der Waals surface area contributed by atoms with Gasteiger partial charge in [0.1, 0.15) is 0 Å². The van der Waals surface area contributed by atoms with Crippen molar-refractivity contribution < 1.29 is 4.79 Å². The molecule has 1 aromatic carbocycles. The van der Waals surface area contributed by atoms with Crippen LogP contribution in [0.25, 0.3) is 0 Å². The fraction of sp³-hybridized carbons (Fsp3) is 0.286. The zero-order chi connectivity index (χ0) is 13.4. The van der Waals surface area contributed by atoms with E-state index in [4.69, 9.17) is 11.6 Å². The van der Waals surface area contributed by atoms with E-state index in [0.29, 0.717) is 10.8 Å². The Labute approximate surface area is 116 Å². The maximum absolute atomic E-state index is 12.1. The molecule has 19 heavy (non-hydrogen) atoms. The lowest BCUT2D eigenvalue weighted by Gasteiger charge is -2.02. The summed E-state index contributed by atoms with van der Waals surface area (Å²) in [4.78, 5) is 12.1. The van der Waals surface area contributed by atoms with Gasteiger partial charge in [-0.25, -0.2) is 0 Å². The summed E-state index contributed by atoms with van der Waals surface area (Å²) in [5, 5.41) is 7.69. The van der Waals surface area contributed by atoms with Gasteiger partial charge in [0.15, 0.2) is 5.82 Å². The van der Waals surface area contributed by atoms with E-state index in [2.05, 4.69) is 10.4 Å². The molecular formula is C14H14ClN3O. The van der Waals surface area contributed by atoms with Crippen LogP contribution in [0.4, 0.5) is 5.82 Å². The van der Waals surface area contributed by atoms with Crippen molar-refractivity contribution in [2.45, 2.75) is 12.3 Å². The maximum Gasteiger partial charge on any atom is 0.229 e. The van der Waals surface area contributed by atoms with Crippen LogP contribution in [0.5, 0.6) is 0 Å². The molecule has 1 aromatic heterocycles. The molecule has 1 amide bonds. The minimum atomic E-state index is 0.0282. The van der Waals surface area contributed by atoms with Gasteiger partial charge in [0.25, 0.3) is 0 Å². The zero-order valence-corrected chi connectivity index (χ0v) is 11.3. The van der Waals surface area contributed by atoms with Gasteiger partial charge in [-0.2, -0.15) is 5.10 Å². The molecule has 1 aliphatic rings. The number of carbonyl (C=O) groups is 1. The summed E-state index contributed by atoms with van der Waals surface area (Å²) in [5.41, 5.74) is 1.13. The highest BCUT2D eigenvalue weighted by molar-refractivity contribution is 6.30. The molecule has 5 heteroatoms. The largest absolute Gasteiger partial charge is 0.309 e. The Balaban J connectivity index is 1.64. The van der Waals surface area contributed by atoms with Gasteiger partial charge >= 0.3 is 0 Å². The van der Waals surface area contributed by atoms with Gasteiger partial charge in [0.2, 0.25) is 5.91 Å². The standard InChI is InChI=1S/C14H14ClN3O/c1-18-6-5-13(17-18)16-14(19)12-8-11(12)9-3-2-4-10(15)7-9/h2-7,11-12H,8H2,1H3,(H,16,17,19). The number of anilines is 1. The number of aromatic nitrogens is 2. The summed E-state index contributed by atoms with van der Waals surface area (Å²) < 4.78 is 1.66. The average Bonchev–Trinajstić information content (AvgIpc) is 3.08. The van der Waals surface area contributed by atoms with Crippen molar-refractivity contribution in [3.05, 3.63) is 47.1 Å². The van der Waals surface area contributed by atoms with Crippen LogP contribution in [-0.2, 0) is 11.8 Å². The predicted octanol–water partition coefficient (Wildman–Crippen LogP) is 2.82. The van der Waals surface area contributed by atoms with Gasteiger partial charge in [-0.3, -0.25) is 9.48 Å². The monoisotopic (exact) mass is 275 g/mol. The van der Waals surface area contributed by atoms with E-state index < -0.39 is 0 Å². The van der Waals surface area contributed by atoms with E-state index in [1.165, 1.54) is 0 Å². The molecule has 98 valence electrons. The number of carbonyl (C=O) groups excluding carboxylic acids is 1. The SMILES string of the molecule is Cn1ccc(NC(=O)C2CC2c2cccc(Cl)c2)n1. The lowest BCUT2D eigenvalue weighted by atomic mass is 10.1. The first kappa shape index (κ1) is 12.2. The summed E-state index contributed by atoms with van der Waals surface area (Å²) >= 11 is 5.96. The molecule has 0 aliphatic heterocycles. The van der Waals surface area contributed by atoms with Gasteiger partial charge in [0.05, 0.1) is 0 Å². The number of benzene rings is 1. The van der Waals surface area contributed by atoms with Gasteiger partial charge in [-0.15, -0.1) is 0 Å². The van der Waals surface area contributed by atoms with Gasteiger partial charge in [-0.05, 0) is 30.0 Å². The highest BCUT2D eigenvalue weighted by atomic mass is 35.5. The van der Waals surface area contributed by atoms with Crippen molar-refractivity contribution in [1.29, 1.82) is 0 Å². The molecule has 2 aromatic rings. The summed E-state index contributed by atoms with van der Waals surface area (Å²) in [6.07, 6.45) is 2.68. The second-order valence-corrected chi connectivity index (χ2v) is 5.30. The van der Waals surface area contributed by atoms with Crippen LogP contribution in [0.3, 0.4) is 0 Å². The first-order valence-electron chi connectivity index (χ1n) is 6.19. The number of halogens is 1. The number of hydrogen-bond acceptors (Lipinski definition) is 2. The minimum absolute atomic E-state index is 0.0282. The molecule has 1 aliphatic carbocycles. The number of hydrogen-bond donors (Lipinski definition) is 1. The van der Waals surface area contributed by atoms with Crippen molar-refractivity contribution >= 4 is 23.3 Å². The summed E-state index contributed by atoms with van der Waals surface area (Å²) in [5.74, 6) is 0.941. The highest BCUT2D eigenvalue weighted by Crippen LogP contribution is 2.48. The lowest BCUT2D eigenvalue weighted by molar-refractivity contribution is -0.117. The quantitative estimate of drug-likeness (QED) is 0.936. The van der Waals surface area contributed by atoms with Crippen LogP contribution in [0.2, 0.25) is 5.02 Å². The maximum atomic E-state index is 12.1. The molecule has 1 saturated carbocycles. The summed E-state index contributed by atoms with van der Waals surface area (Å²) in [7, 11) is 1.82. The molecule has 2 atom stereocenters. The van der Waals surface area contributed by atoms with E-state index in [1.54, 1.807) is 16.9 Å². The molecule has 1 heterocycles. The van der Waals surface area contributed by atoms with Crippen LogP contribution in [-0.4, -0.2) is 15.7 Å². The Hall–Kier alpha value is -1.81. The molecule has 0 bridgehead atoms. The molecule has 1 N–H and O–H groups in total. The van der Waals surface area contributed by atoms with E-state index in [9.17, 15) is 4.79 Å². The fourth-order valence-corrected chi connectivity index (χ4v) is 2.49. The third kappa shape index (κ3) is 2.63. The van der Waals surface area contributed by atoms with Gasteiger partial charge in [0, 0.05) is 30.3 Å². The number of nitrogens with one attached hydrogen (secondary N) is 1. The number of rotatable bonds is 3. The van der Waals surface area contributed by atoms with Gasteiger partial charge < -0.3 is 5.32 Å².